The van der Waals surface area contributed by atoms with Crippen LogP contribution in [0.4, 0.5) is 0 Å². The Kier molecular flexibility index (Phi) is 1.01. The van der Waals surface area contributed by atoms with Crippen LogP contribution in [0.5, 0.6) is 0 Å². The molecule has 1 aliphatic rings. The third kappa shape index (κ3) is 0.620. The molecule has 49 valence electrons. The second-order valence-corrected chi connectivity index (χ2v) is 2.28. The van der Waals surface area contributed by atoms with E-state index in [1.807, 2.05) is 24.3 Å². The molecule has 0 saturated heterocycles. The highest BCUT2D eigenvalue weighted by molar-refractivity contribution is 5.95. The third-order valence-electron chi connectivity index (χ3n) is 1.64. The molecule has 2 heteroatoms. The van der Waals surface area contributed by atoms with Crippen LogP contribution in [0.2, 0.25) is 0 Å². The van der Waals surface area contributed by atoms with Gasteiger partial charge in [-0.2, -0.15) is 0 Å². The molecule has 10 heavy (non-hydrogen) atoms. The average molecular weight is 132 g/mol. The zero-order chi connectivity index (χ0) is 6.97. The molecule has 0 fully saturated rings. The van der Waals surface area contributed by atoms with E-state index in [2.05, 4.69) is 4.99 Å². The van der Waals surface area contributed by atoms with Crippen molar-refractivity contribution in [2.24, 2.45) is 4.99 Å². The summed E-state index contributed by atoms with van der Waals surface area (Å²) >= 11 is 0. The van der Waals surface area contributed by atoms with Crippen LogP contribution in [0.25, 0.3) is 0 Å². The first-order valence-corrected chi connectivity index (χ1v) is 3.17. The third-order valence-corrected chi connectivity index (χ3v) is 1.64. The summed E-state index contributed by atoms with van der Waals surface area (Å²) in [6.07, 6.45) is 0. The Morgan fingerprint density at radius 3 is 2.90 bits per heavy atom. The first-order valence-electron chi connectivity index (χ1n) is 3.17. The minimum absolute atomic E-state index is 0.0735. The van der Waals surface area contributed by atoms with Gasteiger partial charge in [0.25, 0.3) is 5.90 Å². The fourth-order valence-electron chi connectivity index (χ4n) is 1.11. The molecule has 0 amide bonds. The van der Waals surface area contributed by atoms with E-state index in [0.29, 0.717) is 6.54 Å². The summed E-state index contributed by atoms with van der Waals surface area (Å²) in [6.45, 7) is 0.564. The first-order chi connectivity index (χ1) is 4.88. The standard InChI is InChI=1S/C8H6NO/c10-8-7-4-2-1-3-6(7)5-9-8/h1-4H,5H2. The summed E-state index contributed by atoms with van der Waals surface area (Å²) < 4.78 is 0. The first kappa shape index (κ1) is 5.47. The lowest BCUT2D eigenvalue weighted by atomic mass is 10.1. The Labute approximate surface area is 58.8 Å². The molecular formula is C8H6NO. The highest BCUT2D eigenvalue weighted by Gasteiger charge is 2.14. The van der Waals surface area contributed by atoms with Crippen molar-refractivity contribution in [3.8, 4) is 0 Å². The van der Waals surface area contributed by atoms with Crippen LogP contribution in [0.1, 0.15) is 11.1 Å². The summed E-state index contributed by atoms with van der Waals surface area (Å²) in [4.78, 5) is 3.77. The van der Waals surface area contributed by atoms with Crippen LogP contribution in [0.15, 0.2) is 29.3 Å². The molecule has 1 aliphatic heterocycles. The molecule has 1 heterocycles. The highest BCUT2D eigenvalue weighted by Crippen LogP contribution is 2.16. The molecule has 0 aromatic heterocycles. The molecule has 0 saturated carbocycles. The van der Waals surface area contributed by atoms with Crippen molar-refractivity contribution in [3.05, 3.63) is 35.4 Å². The van der Waals surface area contributed by atoms with Gasteiger partial charge in [0.1, 0.15) is 0 Å². The largest absolute Gasteiger partial charge is 0.273 e. The smallest absolute Gasteiger partial charge is 0.267 e. The molecule has 0 unspecified atom stereocenters. The zero-order valence-corrected chi connectivity index (χ0v) is 5.37. The quantitative estimate of drug-likeness (QED) is 0.510. The van der Waals surface area contributed by atoms with Crippen LogP contribution >= 0.6 is 0 Å². The van der Waals surface area contributed by atoms with Gasteiger partial charge in [0.15, 0.2) is 0 Å². The predicted molar refractivity (Wildman–Crippen MR) is 37.4 cm³/mol. The summed E-state index contributed by atoms with van der Waals surface area (Å²) in [5.41, 5.74) is 1.81. The minimum atomic E-state index is -0.0735. The molecule has 0 aliphatic carbocycles. The Morgan fingerprint density at radius 2 is 2.10 bits per heavy atom. The monoisotopic (exact) mass is 132 g/mol. The molecule has 1 aromatic rings. The summed E-state index contributed by atoms with van der Waals surface area (Å²) in [7, 11) is 0. The van der Waals surface area contributed by atoms with Gasteiger partial charge in [0.05, 0.1) is 6.54 Å². The minimum Gasteiger partial charge on any atom is -0.267 e. The second-order valence-electron chi connectivity index (χ2n) is 2.28. The van der Waals surface area contributed by atoms with Crippen molar-refractivity contribution in [1.29, 1.82) is 0 Å². The van der Waals surface area contributed by atoms with Gasteiger partial charge in [0.2, 0.25) is 0 Å². The van der Waals surface area contributed by atoms with Crippen LogP contribution in [0.3, 0.4) is 0 Å². The number of nitrogens with zero attached hydrogens (tertiary/aromatic N) is 1. The maximum atomic E-state index is 10.9. The van der Waals surface area contributed by atoms with E-state index in [-0.39, 0.29) is 5.90 Å². The lowest BCUT2D eigenvalue weighted by Gasteiger charge is -1.91. The second kappa shape index (κ2) is 1.84. The molecule has 0 spiro atoms. The molecule has 1 aromatic carbocycles. The molecule has 0 N–H and O–H groups in total. The number of hydrogen-bond acceptors (Lipinski definition) is 1. The average Bonchev–Trinajstić information content (AvgIpc) is 2.34. The summed E-state index contributed by atoms with van der Waals surface area (Å²) in [6, 6.07) is 7.53. The zero-order valence-electron chi connectivity index (χ0n) is 5.37. The Hall–Kier alpha value is -1.31. The number of fused-ring (bicyclic) bond motifs is 1. The van der Waals surface area contributed by atoms with Crippen molar-refractivity contribution in [3.63, 3.8) is 0 Å². The van der Waals surface area contributed by atoms with Gasteiger partial charge in [-0.15, -0.1) is 0 Å². The van der Waals surface area contributed by atoms with E-state index >= 15 is 0 Å². The molecule has 0 atom stereocenters. The summed E-state index contributed by atoms with van der Waals surface area (Å²) in [5.74, 6) is -0.0735. The topological polar surface area (TPSA) is 32.3 Å². The van der Waals surface area contributed by atoms with Gasteiger partial charge in [0, 0.05) is 5.56 Å². The Morgan fingerprint density at radius 1 is 1.30 bits per heavy atom. The fourth-order valence-corrected chi connectivity index (χ4v) is 1.11. The van der Waals surface area contributed by atoms with Crippen molar-refractivity contribution >= 4 is 5.90 Å². The molecular weight excluding hydrogens is 126 g/mol. The van der Waals surface area contributed by atoms with E-state index < -0.39 is 0 Å². The van der Waals surface area contributed by atoms with Gasteiger partial charge in [-0.05, 0) is 11.6 Å². The lowest BCUT2D eigenvalue weighted by Crippen LogP contribution is -1.91. The fraction of sp³-hybridized carbons (Fsp3) is 0.125. The molecule has 2 nitrogen and oxygen atoms in total. The van der Waals surface area contributed by atoms with Crippen molar-refractivity contribution in [2.75, 3.05) is 0 Å². The van der Waals surface area contributed by atoms with Crippen LogP contribution < -0.4 is 0 Å². The predicted octanol–water partition coefficient (Wildman–Crippen LogP) is 1.38. The van der Waals surface area contributed by atoms with E-state index in [4.69, 9.17) is 0 Å². The van der Waals surface area contributed by atoms with Crippen molar-refractivity contribution < 1.29 is 5.11 Å². The van der Waals surface area contributed by atoms with Crippen LogP contribution in [-0.2, 0) is 11.7 Å². The number of rotatable bonds is 0. The van der Waals surface area contributed by atoms with Crippen LogP contribution in [-0.4, -0.2) is 5.90 Å². The van der Waals surface area contributed by atoms with Crippen LogP contribution in [0, 0.1) is 0 Å². The molecule has 1 radical (unpaired) electrons. The van der Waals surface area contributed by atoms with Gasteiger partial charge >= 0.3 is 0 Å². The Balaban J connectivity index is 2.61. The van der Waals surface area contributed by atoms with E-state index in [9.17, 15) is 5.11 Å². The number of hydrogen-bond donors (Lipinski definition) is 0. The van der Waals surface area contributed by atoms with E-state index in [0.717, 1.165) is 11.1 Å². The normalized spacial score (nSPS) is 14.6. The van der Waals surface area contributed by atoms with E-state index in [1.165, 1.54) is 0 Å². The van der Waals surface area contributed by atoms with Gasteiger partial charge < -0.3 is 0 Å². The Bertz CT molecular complexity index is 291. The SMILES string of the molecule is [O]C1=NCc2ccccc21. The van der Waals surface area contributed by atoms with Gasteiger partial charge in [-0.3, -0.25) is 5.11 Å². The maximum Gasteiger partial charge on any atom is 0.273 e. The maximum absolute atomic E-state index is 10.9. The van der Waals surface area contributed by atoms with E-state index in [1.54, 1.807) is 0 Å². The van der Waals surface area contributed by atoms with Gasteiger partial charge in [-0.25, -0.2) is 4.99 Å². The highest BCUT2D eigenvalue weighted by atomic mass is 16.3. The lowest BCUT2D eigenvalue weighted by molar-refractivity contribution is 0.430. The molecule has 2 rings (SSSR count). The summed E-state index contributed by atoms with van der Waals surface area (Å²) in [5, 5.41) is 10.9. The van der Waals surface area contributed by atoms with Crippen molar-refractivity contribution in [1.82, 2.24) is 0 Å². The molecule has 0 bridgehead atoms. The van der Waals surface area contributed by atoms with Crippen molar-refractivity contribution in [2.45, 2.75) is 6.54 Å². The van der Waals surface area contributed by atoms with Gasteiger partial charge in [-0.1, -0.05) is 18.2 Å². The number of benzene rings is 1. The number of aliphatic imine (C=N–C) groups is 1.